The Balaban J connectivity index is 2.32. The van der Waals surface area contributed by atoms with Gasteiger partial charge in [0.05, 0.1) is 0 Å². The van der Waals surface area contributed by atoms with Crippen LogP contribution < -0.4 is 0 Å². The van der Waals surface area contributed by atoms with E-state index in [4.69, 9.17) is 16.0 Å². The zero-order valence-corrected chi connectivity index (χ0v) is 10.1. The molecule has 0 fully saturated rings. The number of benzene rings is 2. The molecular formula is C15H8ClNO. The quantitative estimate of drug-likeness (QED) is 0.450. The van der Waals surface area contributed by atoms with Gasteiger partial charge in [0, 0.05) is 32.8 Å². The molecule has 86 valence electrons. The highest BCUT2D eigenvalue weighted by Gasteiger charge is 2.11. The standard InChI is InChI=1S/C15H8ClNO/c16-13-5-1-3-10-9(13)6-7-11-12-4-2-8-17-15(12)18-14(10)11/h1-8H. The molecule has 0 radical (unpaired) electrons. The molecule has 0 unspecified atom stereocenters. The topological polar surface area (TPSA) is 26.0 Å². The van der Waals surface area contributed by atoms with Gasteiger partial charge in [0.15, 0.2) is 0 Å². The predicted octanol–water partition coefficient (Wildman–Crippen LogP) is 4.79. The monoisotopic (exact) mass is 253 g/mol. The lowest BCUT2D eigenvalue weighted by atomic mass is 10.1. The van der Waals surface area contributed by atoms with Crippen LogP contribution in [0.3, 0.4) is 0 Å². The van der Waals surface area contributed by atoms with Gasteiger partial charge in [0.2, 0.25) is 5.71 Å². The Kier molecular flexibility index (Phi) is 1.91. The fourth-order valence-corrected chi connectivity index (χ4v) is 2.63. The largest absolute Gasteiger partial charge is 0.437 e. The number of rotatable bonds is 0. The molecule has 0 aliphatic heterocycles. The third kappa shape index (κ3) is 1.21. The van der Waals surface area contributed by atoms with Gasteiger partial charge in [-0.3, -0.25) is 0 Å². The Morgan fingerprint density at radius 2 is 1.61 bits per heavy atom. The van der Waals surface area contributed by atoms with Crippen LogP contribution in [0.1, 0.15) is 0 Å². The average Bonchev–Trinajstić information content (AvgIpc) is 2.78. The Morgan fingerprint density at radius 1 is 0.833 bits per heavy atom. The molecule has 3 heteroatoms. The summed E-state index contributed by atoms with van der Waals surface area (Å²) in [5.74, 6) is 0. The summed E-state index contributed by atoms with van der Waals surface area (Å²) in [5, 5.41) is 4.88. The summed E-state index contributed by atoms with van der Waals surface area (Å²) in [7, 11) is 0. The SMILES string of the molecule is Clc1cccc2c1ccc1c3cccnc3oc21. The number of hydrogen-bond donors (Lipinski definition) is 0. The second-order valence-corrected chi connectivity index (χ2v) is 4.64. The molecule has 2 nitrogen and oxygen atoms in total. The van der Waals surface area contributed by atoms with Crippen LogP contribution in [0.2, 0.25) is 5.02 Å². The van der Waals surface area contributed by atoms with E-state index in [-0.39, 0.29) is 0 Å². The summed E-state index contributed by atoms with van der Waals surface area (Å²) < 4.78 is 5.85. The minimum absolute atomic E-state index is 0.667. The smallest absolute Gasteiger partial charge is 0.227 e. The lowest BCUT2D eigenvalue weighted by molar-refractivity contribution is 0.657. The first kappa shape index (κ1) is 9.92. The van der Waals surface area contributed by atoms with Crippen LogP contribution in [0.25, 0.3) is 32.8 Å². The summed E-state index contributed by atoms with van der Waals surface area (Å²) in [6.45, 7) is 0. The third-order valence-electron chi connectivity index (χ3n) is 3.22. The number of aromatic nitrogens is 1. The zero-order valence-electron chi connectivity index (χ0n) is 9.35. The molecule has 2 heterocycles. The van der Waals surface area contributed by atoms with Gasteiger partial charge in [-0.15, -0.1) is 0 Å². The summed E-state index contributed by atoms with van der Waals surface area (Å²) in [5.41, 5.74) is 1.52. The van der Waals surface area contributed by atoms with Gasteiger partial charge in [-0.2, -0.15) is 0 Å². The Bertz CT molecular complexity index is 895. The lowest BCUT2D eigenvalue weighted by Gasteiger charge is -2.00. The fraction of sp³-hybridized carbons (Fsp3) is 0. The Morgan fingerprint density at radius 3 is 2.56 bits per heavy atom. The minimum atomic E-state index is 0.667. The summed E-state index contributed by atoms with van der Waals surface area (Å²) in [6, 6.07) is 13.8. The van der Waals surface area contributed by atoms with Gasteiger partial charge in [-0.1, -0.05) is 29.8 Å². The molecule has 2 aromatic heterocycles. The molecule has 0 atom stereocenters. The molecule has 0 amide bonds. The first-order valence-corrected chi connectivity index (χ1v) is 6.07. The summed E-state index contributed by atoms with van der Waals surface area (Å²) >= 11 is 6.20. The molecular weight excluding hydrogens is 246 g/mol. The Hall–Kier alpha value is -2.06. The first-order valence-electron chi connectivity index (χ1n) is 5.69. The van der Waals surface area contributed by atoms with Gasteiger partial charge in [-0.25, -0.2) is 4.98 Å². The predicted molar refractivity (Wildman–Crippen MR) is 74.0 cm³/mol. The van der Waals surface area contributed by atoms with E-state index >= 15 is 0 Å². The van der Waals surface area contributed by atoms with Gasteiger partial charge >= 0.3 is 0 Å². The highest BCUT2D eigenvalue weighted by atomic mass is 35.5. The van der Waals surface area contributed by atoms with E-state index < -0.39 is 0 Å². The van der Waals surface area contributed by atoms with Crippen LogP contribution in [0.15, 0.2) is 53.1 Å². The maximum atomic E-state index is 6.20. The molecule has 4 aromatic rings. The van der Waals surface area contributed by atoms with E-state index in [1.807, 2.05) is 42.5 Å². The molecule has 18 heavy (non-hydrogen) atoms. The van der Waals surface area contributed by atoms with Gasteiger partial charge in [-0.05, 0) is 24.3 Å². The van der Waals surface area contributed by atoms with Crippen molar-refractivity contribution in [3.05, 3.63) is 53.7 Å². The van der Waals surface area contributed by atoms with E-state index in [2.05, 4.69) is 4.98 Å². The number of pyridine rings is 1. The summed E-state index contributed by atoms with van der Waals surface area (Å²) in [6.07, 6.45) is 1.74. The molecule has 2 aromatic carbocycles. The molecule has 0 saturated carbocycles. The van der Waals surface area contributed by atoms with Crippen LogP contribution in [0.4, 0.5) is 0 Å². The highest BCUT2D eigenvalue weighted by Crippen LogP contribution is 2.35. The minimum Gasteiger partial charge on any atom is -0.437 e. The maximum Gasteiger partial charge on any atom is 0.227 e. The second kappa shape index (κ2) is 3.47. The molecule has 0 saturated heterocycles. The van der Waals surface area contributed by atoms with Crippen LogP contribution in [-0.4, -0.2) is 4.98 Å². The van der Waals surface area contributed by atoms with Gasteiger partial charge < -0.3 is 4.42 Å². The molecule has 0 spiro atoms. The van der Waals surface area contributed by atoms with E-state index in [0.29, 0.717) is 5.71 Å². The second-order valence-electron chi connectivity index (χ2n) is 4.24. The highest BCUT2D eigenvalue weighted by molar-refractivity contribution is 6.36. The van der Waals surface area contributed by atoms with Crippen molar-refractivity contribution in [3.63, 3.8) is 0 Å². The van der Waals surface area contributed by atoms with Crippen LogP contribution >= 0.6 is 11.6 Å². The normalized spacial score (nSPS) is 11.6. The third-order valence-corrected chi connectivity index (χ3v) is 3.55. The van der Waals surface area contributed by atoms with Crippen LogP contribution in [0.5, 0.6) is 0 Å². The Labute approximate surface area is 108 Å². The van der Waals surface area contributed by atoms with Gasteiger partial charge in [0.1, 0.15) is 5.58 Å². The number of fused-ring (bicyclic) bond motifs is 5. The molecule has 0 aliphatic carbocycles. The van der Waals surface area contributed by atoms with Crippen molar-refractivity contribution in [2.75, 3.05) is 0 Å². The first-order chi connectivity index (χ1) is 8.84. The fourth-order valence-electron chi connectivity index (χ4n) is 2.39. The van der Waals surface area contributed by atoms with Crippen LogP contribution in [0, 0.1) is 0 Å². The van der Waals surface area contributed by atoms with Crippen molar-refractivity contribution in [3.8, 4) is 0 Å². The molecule has 0 aliphatic rings. The molecule has 0 N–H and O–H groups in total. The molecule has 4 rings (SSSR count). The van der Waals surface area contributed by atoms with Crippen molar-refractivity contribution in [1.82, 2.24) is 4.98 Å². The van der Waals surface area contributed by atoms with Crippen molar-refractivity contribution in [2.45, 2.75) is 0 Å². The number of furan rings is 1. The van der Waals surface area contributed by atoms with Crippen molar-refractivity contribution in [1.29, 1.82) is 0 Å². The van der Waals surface area contributed by atoms with Gasteiger partial charge in [0.25, 0.3) is 0 Å². The number of halogens is 1. The number of nitrogens with zero attached hydrogens (tertiary/aromatic N) is 1. The van der Waals surface area contributed by atoms with E-state index in [0.717, 1.165) is 32.2 Å². The maximum absolute atomic E-state index is 6.20. The van der Waals surface area contributed by atoms with E-state index in [1.54, 1.807) is 6.20 Å². The van der Waals surface area contributed by atoms with Crippen molar-refractivity contribution in [2.24, 2.45) is 0 Å². The van der Waals surface area contributed by atoms with Crippen molar-refractivity contribution >= 4 is 44.4 Å². The van der Waals surface area contributed by atoms with Crippen LogP contribution in [-0.2, 0) is 0 Å². The average molecular weight is 254 g/mol. The lowest BCUT2D eigenvalue weighted by Crippen LogP contribution is -1.74. The number of hydrogen-bond acceptors (Lipinski definition) is 2. The van der Waals surface area contributed by atoms with Crippen molar-refractivity contribution < 1.29 is 4.42 Å². The van der Waals surface area contributed by atoms with E-state index in [9.17, 15) is 0 Å². The summed E-state index contributed by atoms with van der Waals surface area (Å²) in [4.78, 5) is 4.25. The zero-order chi connectivity index (χ0) is 12.1. The molecule has 0 bridgehead atoms. The van der Waals surface area contributed by atoms with E-state index in [1.165, 1.54) is 0 Å².